The third kappa shape index (κ3) is 3.08. The second-order valence-electron chi connectivity index (χ2n) is 5.90. The molecule has 0 aliphatic carbocycles. The molecule has 0 unspecified atom stereocenters. The molecule has 1 aromatic carbocycles. The minimum Gasteiger partial charge on any atom is -0.462 e. The average Bonchev–Trinajstić information content (AvgIpc) is 2.59. The van der Waals surface area contributed by atoms with Gasteiger partial charge in [0, 0.05) is 6.20 Å². The van der Waals surface area contributed by atoms with E-state index in [0.717, 1.165) is 0 Å². The van der Waals surface area contributed by atoms with Crippen LogP contribution in [0.4, 0.5) is 15.9 Å². The number of halogens is 1. The van der Waals surface area contributed by atoms with E-state index in [1.165, 1.54) is 41.4 Å². The van der Waals surface area contributed by atoms with E-state index in [9.17, 15) is 24.4 Å². The Morgan fingerprint density at radius 2 is 2.04 bits per heavy atom. The third-order valence-corrected chi connectivity index (χ3v) is 4.17. The molecule has 0 amide bonds. The topological polar surface area (TPSA) is 106 Å². The molecule has 8 nitrogen and oxygen atoms in total. The summed E-state index contributed by atoms with van der Waals surface area (Å²) >= 11 is 0. The number of carbonyl (C=O) groups excluding carboxylic acids is 1. The van der Waals surface area contributed by atoms with Gasteiger partial charge in [0.05, 0.1) is 24.6 Å². The number of hydrogen-bond acceptors (Lipinski definition) is 7. The van der Waals surface area contributed by atoms with Gasteiger partial charge in [-0.25, -0.2) is 14.2 Å². The quantitative estimate of drug-likeness (QED) is 0.493. The van der Waals surface area contributed by atoms with Crippen LogP contribution in [0, 0.1) is 15.9 Å². The van der Waals surface area contributed by atoms with Gasteiger partial charge in [0.25, 0.3) is 0 Å². The molecule has 136 valence electrons. The molecule has 0 atom stereocenters. The minimum atomic E-state index is -1.27. The van der Waals surface area contributed by atoms with Crippen molar-refractivity contribution in [3.63, 3.8) is 0 Å². The molecule has 0 bridgehead atoms. The number of pyridine rings is 1. The zero-order chi connectivity index (χ0) is 18.9. The second kappa shape index (κ2) is 6.68. The predicted octanol–water partition coefficient (Wildman–Crippen LogP) is 2.01. The number of esters is 1. The van der Waals surface area contributed by atoms with Gasteiger partial charge in [-0.2, -0.15) is 0 Å². The molecule has 1 aromatic heterocycles. The van der Waals surface area contributed by atoms with Crippen LogP contribution in [0.2, 0.25) is 0 Å². The number of nitro groups is 1. The molecular formula is C17H16FN3O5. The SMILES string of the molecule is CCOC(=O)c1ccnc(N2CC(O)(c3ccc(F)cc3)C2)c1[N+](=O)[O-]. The van der Waals surface area contributed by atoms with Crippen molar-refractivity contribution in [2.45, 2.75) is 12.5 Å². The van der Waals surface area contributed by atoms with Crippen LogP contribution in [0.25, 0.3) is 0 Å². The molecule has 1 saturated heterocycles. The van der Waals surface area contributed by atoms with Crippen molar-refractivity contribution in [2.75, 3.05) is 24.6 Å². The Hall–Kier alpha value is -3.07. The number of carbonyl (C=O) groups is 1. The van der Waals surface area contributed by atoms with Crippen LogP contribution < -0.4 is 4.90 Å². The molecule has 1 aliphatic heterocycles. The summed E-state index contributed by atoms with van der Waals surface area (Å²) < 4.78 is 17.9. The van der Waals surface area contributed by atoms with Crippen molar-refractivity contribution < 1.29 is 24.0 Å². The molecule has 0 radical (unpaired) electrons. The van der Waals surface area contributed by atoms with Gasteiger partial charge in [-0.05, 0) is 30.7 Å². The van der Waals surface area contributed by atoms with Crippen molar-refractivity contribution in [1.82, 2.24) is 4.98 Å². The third-order valence-electron chi connectivity index (χ3n) is 4.17. The number of aromatic nitrogens is 1. The molecule has 1 N–H and O–H groups in total. The first kappa shape index (κ1) is 17.7. The Bertz CT molecular complexity index is 850. The smallest absolute Gasteiger partial charge is 0.345 e. The van der Waals surface area contributed by atoms with Crippen molar-refractivity contribution in [2.24, 2.45) is 0 Å². The van der Waals surface area contributed by atoms with Gasteiger partial charge < -0.3 is 14.7 Å². The number of rotatable bonds is 5. The highest BCUT2D eigenvalue weighted by Crippen LogP contribution is 2.39. The number of β-amino-alcohol motifs (C(OH)–C–C–N with tert-alkyl or cyclic N) is 1. The number of anilines is 1. The lowest BCUT2D eigenvalue weighted by atomic mass is 9.86. The predicted molar refractivity (Wildman–Crippen MR) is 89.4 cm³/mol. The van der Waals surface area contributed by atoms with Crippen LogP contribution >= 0.6 is 0 Å². The van der Waals surface area contributed by atoms with Gasteiger partial charge in [-0.15, -0.1) is 0 Å². The van der Waals surface area contributed by atoms with Crippen LogP contribution in [0.15, 0.2) is 36.5 Å². The van der Waals surface area contributed by atoms with Gasteiger partial charge in [0.2, 0.25) is 5.82 Å². The maximum Gasteiger partial charge on any atom is 0.345 e. The molecule has 0 spiro atoms. The van der Waals surface area contributed by atoms with Gasteiger partial charge in [-0.3, -0.25) is 10.1 Å². The number of ether oxygens (including phenoxy) is 1. The fourth-order valence-electron chi connectivity index (χ4n) is 2.91. The normalized spacial score (nSPS) is 15.3. The summed E-state index contributed by atoms with van der Waals surface area (Å²) in [4.78, 5) is 28.3. The monoisotopic (exact) mass is 361 g/mol. The summed E-state index contributed by atoms with van der Waals surface area (Å²) in [6.07, 6.45) is 1.28. The maximum absolute atomic E-state index is 13.0. The van der Waals surface area contributed by atoms with Gasteiger partial charge in [0.1, 0.15) is 17.0 Å². The number of aliphatic hydroxyl groups is 1. The number of nitrogens with zero attached hydrogens (tertiary/aromatic N) is 3. The number of benzene rings is 1. The summed E-state index contributed by atoms with van der Waals surface area (Å²) in [5, 5.41) is 22.1. The van der Waals surface area contributed by atoms with Gasteiger partial charge in [0.15, 0.2) is 0 Å². The van der Waals surface area contributed by atoms with E-state index in [4.69, 9.17) is 4.74 Å². The Labute approximate surface area is 148 Å². The summed E-state index contributed by atoms with van der Waals surface area (Å²) in [6, 6.07) is 6.62. The Balaban J connectivity index is 1.89. The van der Waals surface area contributed by atoms with Crippen molar-refractivity contribution in [3.05, 3.63) is 63.6 Å². The summed E-state index contributed by atoms with van der Waals surface area (Å²) in [6.45, 7) is 1.74. The summed E-state index contributed by atoms with van der Waals surface area (Å²) in [5.41, 5.74) is -1.44. The highest BCUT2D eigenvalue weighted by atomic mass is 19.1. The Morgan fingerprint density at radius 3 is 2.62 bits per heavy atom. The van der Waals surface area contributed by atoms with E-state index in [2.05, 4.69) is 4.98 Å². The highest BCUT2D eigenvalue weighted by molar-refractivity contribution is 5.96. The lowest BCUT2D eigenvalue weighted by Crippen LogP contribution is -2.60. The largest absolute Gasteiger partial charge is 0.462 e. The summed E-state index contributed by atoms with van der Waals surface area (Å²) in [5.74, 6) is -1.25. The molecule has 2 aromatic rings. The maximum atomic E-state index is 13.0. The fraction of sp³-hybridized carbons (Fsp3) is 0.294. The van der Waals surface area contributed by atoms with Crippen molar-refractivity contribution >= 4 is 17.5 Å². The lowest BCUT2D eigenvalue weighted by molar-refractivity contribution is -0.384. The first-order valence-corrected chi connectivity index (χ1v) is 7.89. The standard InChI is InChI=1S/C17H16FN3O5/c1-2-26-16(22)13-7-8-19-15(14(13)21(24)25)20-9-17(23,10-20)11-3-5-12(18)6-4-11/h3-8,23H,2,9-10H2,1H3. The second-order valence-corrected chi connectivity index (χ2v) is 5.90. The van der Waals surface area contributed by atoms with Crippen LogP contribution in [0.3, 0.4) is 0 Å². The molecule has 9 heteroatoms. The first-order chi connectivity index (χ1) is 12.4. The molecule has 3 rings (SSSR count). The van der Waals surface area contributed by atoms with Crippen LogP contribution in [0.5, 0.6) is 0 Å². The van der Waals surface area contributed by atoms with Crippen molar-refractivity contribution in [3.8, 4) is 0 Å². The molecule has 1 aliphatic rings. The Morgan fingerprint density at radius 1 is 1.38 bits per heavy atom. The average molecular weight is 361 g/mol. The van der Waals surface area contributed by atoms with E-state index >= 15 is 0 Å². The zero-order valence-corrected chi connectivity index (χ0v) is 13.9. The van der Waals surface area contributed by atoms with Crippen LogP contribution in [-0.2, 0) is 10.3 Å². The molecular weight excluding hydrogens is 345 g/mol. The van der Waals surface area contributed by atoms with E-state index in [1.54, 1.807) is 6.92 Å². The van der Waals surface area contributed by atoms with Gasteiger partial charge >= 0.3 is 11.7 Å². The molecule has 1 fully saturated rings. The molecule has 26 heavy (non-hydrogen) atoms. The zero-order valence-electron chi connectivity index (χ0n) is 13.9. The molecule has 2 heterocycles. The van der Waals surface area contributed by atoms with E-state index in [0.29, 0.717) is 5.56 Å². The van der Waals surface area contributed by atoms with E-state index in [-0.39, 0.29) is 31.1 Å². The van der Waals surface area contributed by atoms with E-state index in [1.807, 2.05) is 0 Å². The Kier molecular flexibility index (Phi) is 4.56. The fourth-order valence-corrected chi connectivity index (χ4v) is 2.91. The highest BCUT2D eigenvalue weighted by Gasteiger charge is 2.46. The molecule has 0 saturated carbocycles. The van der Waals surface area contributed by atoms with Crippen LogP contribution in [0.1, 0.15) is 22.8 Å². The van der Waals surface area contributed by atoms with Crippen LogP contribution in [-0.4, -0.2) is 40.7 Å². The first-order valence-electron chi connectivity index (χ1n) is 7.89. The van der Waals surface area contributed by atoms with Crippen molar-refractivity contribution in [1.29, 1.82) is 0 Å². The lowest BCUT2D eigenvalue weighted by Gasteiger charge is -2.47. The summed E-state index contributed by atoms with van der Waals surface area (Å²) in [7, 11) is 0. The van der Waals surface area contributed by atoms with E-state index < -0.39 is 28.0 Å². The van der Waals surface area contributed by atoms with Gasteiger partial charge in [-0.1, -0.05) is 12.1 Å². The number of hydrogen-bond donors (Lipinski definition) is 1. The minimum absolute atomic E-state index is 0.0210.